The molecule has 5 heteroatoms. The number of alkyl halides is 1. The molecule has 1 heterocycles. The molecule has 0 aliphatic heterocycles. The Morgan fingerprint density at radius 2 is 2.43 bits per heavy atom. The molecule has 1 N–H and O–H groups in total. The fraction of sp³-hybridized carbons (Fsp3) is 0.556. The first-order chi connectivity index (χ1) is 6.56. The number of carbonyl (C=O) groups excluding carboxylic acids is 1. The second-order valence-corrected chi connectivity index (χ2v) is 4.67. The number of hydrogen-bond donors (Lipinski definition) is 1. The summed E-state index contributed by atoms with van der Waals surface area (Å²) in [6, 6.07) is 0. The van der Waals surface area contributed by atoms with Gasteiger partial charge in [-0.05, 0) is 13.8 Å². The van der Waals surface area contributed by atoms with Gasteiger partial charge in [0, 0.05) is 11.3 Å². The average molecular weight is 233 g/mol. The molecule has 14 heavy (non-hydrogen) atoms. The first-order valence-electron chi connectivity index (χ1n) is 4.27. The van der Waals surface area contributed by atoms with E-state index >= 15 is 0 Å². The molecule has 0 aromatic carbocycles. The van der Waals surface area contributed by atoms with Crippen LogP contribution in [0.15, 0.2) is 10.9 Å². The van der Waals surface area contributed by atoms with Crippen LogP contribution in [0, 0.1) is 5.41 Å². The number of aromatic nitrogens is 1. The highest BCUT2D eigenvalue weighted by atomic mass is 35.5. The fourth-order valence-electron chi connectivity index (χ4n) is 0.796. The number of halogens is 1. The average Bonchev–Trinajstić information content (AvgIpc) is 2.66. The van der Waals surface area contributed by atoms with Crippen LogP contribution in [-0.4, -0.2) is 16.8 Å². The van der Waals surface area contributed by atoms with Crippen LogP contribution < -0.4 is 5.32 Å². The summed E-state index contributed by atoms with van der Waals surface area (Å²) in [6.07, 6.45) is 0. The van der Waals surface area contributed by atoms with Crippen molar-refractivity contribution in [1.82, 2.24) is 10.3 Å². The number of rotatable bonds is 4. The summed E-state index contributed by atoms with van der Waals surface area (Å²) in [6.45, 7) is 4.11. The maximum atomic E-state index is 11.6. The number of carbonyl (C=O) groups is 1. The highest BCUT2D eigenvalue weighted by Crippen LogP contribution is 2.17. The Balaban J connectivity index is 2.43. The van der Waals surface area contributed by atoms with Crippen molar-refractivity contribution in [3.63, 3.8) is 0 Å². The Labute approximate surface area is 92.5 Å². The quantitative estimate of drug-likeness (QED) is 0.808. The predicted octanol–water partition coefficient (Wildman–Crippen LogP) is 2.02. The molecule has 1 aromatic heterocycles. The highest BCUT2D eigenvalue weighted by molar-refractivity contribution is 7.07. The van der Waals surface area contributed by atoms with Crippen LogP contribution in [0.3, 0.4) is 0 Å². The molecular weight excluding hydrogens is 220 g/mol. The summed E-state index contributed by atoms with van der Waals surface area (Å²) < 4.78 is 0. The summed E-state index contributed by atoms with van der Waals surface area (Å²) in [5, 5.41) is 4.71. The van der Waals surface area contributed by atoms with Crippen molar-refractivity contribution < 1.29 is 4.79 Å². The third kappa shape index (κ3) is 2.96. The van der Waals surface area contributed by atoms with E-state index in [0.29, 0.717) is 12.4 Å². The van der Waals surface area contributed by atoms with Crippen molar-refractivity contribution in [2.45, 2.75) is 20.4 Å². The van der Waals surface area contributed by atoms with Crippen LogP contribution in [0.5, 0.6) is 0 Å². The summed E-state index contributed by atoms with van der Waals surface area (Å²) in [7, 11) is 0. The fourth-order valence-corrected chi connectivity index (χ4v) is 1.48. The summed E-state index contributed by atoms with van der Waals surface area (Å²) in [4.78, 5) is 15.6. The maximum Gasteiger partial charge on any atom is 0.227 e. The SMILES string of the molecule is CC(C)(CCl)C(=O)NCc1cscn1. The monoisotopic (exact) mass is 232 g/mol. The van der Waals surface area contributed by atoms with E-state index in [1.54, 1.807) is 5.51 Å². The first-order valence-corrected chi connectivity index (χ1v) is 5.75. The zero-order valence-electron chi connectivity index (χ0n) is 8.21. The van der Waals surface area contributed by atoms with Gasteiger partial charge in [-0.3, -0.25) is 4.79 Å². The largest absolute Gasteiger partial charge is 0.350 e. The van der Waals surface area contributed by atoms with Crippen molar-refractivity contribution in [3.05, 3.63) is 16.6 Å². The molecule has 1 aromatic rings. The molecule has 0 saturated carbocycles. The molecule has 1 rings (SSSR count). The van der Waals surface area contributed by atoms with E-state index in [1.165, 1.54) is 11.3 Å². The van der Waals surface area contributed by atoms with E-state index in [2.05, 4.69) is 10.3 Å². The molecule has 3 nitrogen and oxygen atoms in total. The van der Waals surface area contributed by atoms with Crippen molar-refractivity contribution in [1.29, 1.82) is 0 Å². The van der Waals surface area contributed by atoms with Gasteiger partial charge in [-0.2, -0.15) is 0 Å². The second-order valence-electron chi connectivity index (χ2n) is 3.68. The third-order valence-corrected chi connectivity index (χ3v) is 3.17. The minimum absolute atomic E-state index is 0.0412. The van der Waals surface area contributed by atoms with E-state index in [-0.39, 0.29) is 5.91 Å². The zero-order chi connectivity index (χ0) is 10.6. The molecule has 0 spiro atoms. The Kier molecular flexibility index (Phi) is 3.89. The summed E-state index contributed by atoms with van der Waals surface area (Å²) >= 11 is 7.19. The lowest BCUT2D eigenvalue weighted by Gasteiger charge is -2.19. The van der Waals surface area contributed by atoms with E-state index < -0.39 is 5.41 Å². The molecule has 0 radical (unpaired) electrons. The Morgan fingerprint density at radius 3 is 2.93 bits per heavy atom. The lowest BCUT2D eigenvalue weighted by atomic mass is 9.95. The van der Waals surface area contributed by atoms with Gasteiger partial charge < -0.3 is 5.32 Å². The topological polar surface area (TPSA) is 42.0 Å². The lowest BCUT2D eigenvalue weighted by Crippen LogP contribution is -2.37. The number of thiazole rings is 1. The first kappa shape index (κ1) is 11.5. The van der Waals surface area contributed by atoms with Crippen molar-refractivity contribution in [2.24, 2.45) is 5.41 Å². The van der Waals surface area contributed by atoms with Gasteiger partial charge in [0.2, 0.25) is 5.91 Å². The predicted molar refractivity (Wildman–Crippen MR) is 58.5 cm³/mol. The van der Waals surface area contributed by atoms with Crippen molar-refractivity contribution >= 4 is 28.8 Å². The second kappa shape index (κ2) is 4.75. The third-order valence-electron chi connectivity index (χ3n) is 1.86. The molecule has 0 aliphatic carbocycles. The van der Waals surface area contributed by atoms with E-state index in [9.17, 15) is 4.79 Å². The van der Waals surface area contributed by atoms with Crippen LogP contribution in [0.25, 0.3) is 0 Å². The normalized spacial score (nSPS) is 11.4. The minimum Gasteiger partial charge on any atom is -0.350 e. The molecule has 1 amide bonds. The van der Waals surface area contributed by atoms with Gasteiger partial charge >= 0.3 is 0 Å². The maximum absolute atomic E-state index is 11.6. The summed E-state index contributed by atoms with van der Waals surface area (Å²) in [5.41, 5.74) is 2.11. The Bertz CT molecular complexity index is 298. The lowest BCUT2D eigenvalue weighted by molar-refractivity contribution is -0.128. The zero-order valence-corrected chi connectivity index (χ0v) is 9.78. The van der Waals surface area contributed by atoms with Gasteiger partial charge in [-0.15, -0.1) is 22.9 Å². The Morgan fingerprint density at radius 1 is 1.71 bits per heavy atom. The number of nitrogens with zero attached hydrogens (tertiary/aromatic N) is 1. The van der Waals surface area contributed by atoms with Gasteiger partial charge in [-0.25, -0.2) is 4.98 Å². The van der Waals surface area contributed by atoms with E-state index in [4.69, 9.17) is 11.6 Å². The standard InChI is InChI=1S/C9H13ClN2OS/c1-9(2,5-10)8(13)11-3-7-4-14-6-12-7/h4,6H,3,5H2,1-2H3,(H,11,13). The number of amides is 1. The molecule has 0 aliphatic rings. The van der Waals surface area contributed by atoms with Crippen molar-refractivity contribution in [2.75, 3.05) is 5.88 Å². The van der Waals surface area contributed by atoms with Crippen LogP contribution >= 0.6 is 22.9 Å². The number of nitrogens with one attached hydrogen (secondary N) is 1. The Hall–Kier alpha value is -0.610. The van der Waals surface area contributed by atoms with Crippen LogP contribution in [0.2, 0.25) is 0 Å². The van der Waals surface area contributed by atoms with Gasteiger partial charge in [0.1, 0.15) is 0 Å². The molecule has 0 atom stereocenters. The smallest absolute Gasteiger partial charge is 0.227 e. The van der Waals surface area contributed by atoms with Crippen LogP contribution in [0.4, 0.5) is 0 Å². The van der Waals surface area contributed by atoms with Gasteiger partial charge in [0.25, 0.3) is 0 Å². The van der Waals surface area contributed by atoms with Gasteiger partial charge in [0.05, 0.1) is 23.2 Å². The molecule has 0 bridgehead atoms. The van der Waals surface area contributed by atoms with Crippen LogP contribution in [0.1, 0.15) is 19.5 Å². The minimum atomic E-state index is -0.516. The molecule has 78 valence electrons. The molecule has 0 saturated heterocycles. The highest BCUT2D eigenvalue weighted by Gasteiger charge is 2.25. The molecule has 0 unspecified atom stereocenters. The number of hydrogen-bond acceptors (Lipinski definition) is 3. The van der Waals surface area contributed by atoms with E-state index in [1.807, 2.05) is 19.2 Å². The summed E-state index contributed by atoms with van der Waals surface area (Å²) in [5.74, 6) is 0.274. The van der Waals surface area contributed by atoms with Crippen molar-refractivity contribution in [3.8, 4) is 0 Å². The van der Waals surface area contributed by atoms with Gasteiger partial charge in [0.15, 0.2) is 0 Å². The van der Waals surface area contributed by atoms with Gasteiger partial charge in [-0.1, -0.05) is 0 Å². The van der Waals surface area contributed by atoms with E-state index in [0.717, 1.165) is 5.69 Å². The van der Waals surface area contributed by atoms with Crippen LogP contribution in [-0.2, 0) is 11.3 Å². The molecule has 0 fully saturated rings. The molecular formula is C9H13ClN2OS.